The molecule has 2 rings (SSSR count). The van der Waals surface area contributed by atoms with Crippen LogP contribution in [0.25, 0.3) is 0 Å². The van der Waals surface area contributed by atoms with Gasteiger partial charge in [-0.25, -0.2) is 22.1 Å². The Balaban J connectivity index is 0.00000480. The summed E-state index contributed by atoms with van der Waals surface area (Å²) in [5, 5.41) is 6.32. The SMILES string of the molecule is CCNC(=NCc1ccccc1S(=O)(=O)N(C)C)NCC(C)Oc1ccc(F)cc1.I. The lowest BCUT2D eigenvalue weighted by Gasteiger charge is -2.18. The molecule has 1 atom stereocenters. The Morgan fingerprint density at radius 2 is 1.77 bits per heavy atom. The molecule has 0 saturated carbocycles. The van der Waals surface area contributed by atoms with Crippen molar-refractivity contribution in [1.29, 1.82) is 0 Å². The van der Waals surface area contributed by atoms with Gasteiger partial charge in [-0.2, -0.15) is 0 Å². The van der Waals surface area contributed by atoms with Crippen molar-refractivity contribution >= 4 is 40.0 Å². The summed E-state index contributed by atoms with van der Waals surface area (Å²) in [7, 11) is -0.548. The summed E-state index contributed by atoms with van der Waals surface area (Å²) in [5.74, 6) is 0.811. The molecule has 2 aromatic carbocycles. The molecular formula is C21H30FIN4O3S. The Labute approximate surface area is 201 Å². The molecule has 0 aliphatic rings. The van der Waals surface area contributed by atoms with Crippen molar-refractivity contribution in [1.82, 2.24) is 14.9 Å². The second-order valence-electron chi connectivity index (χ2n) is 6.85. The highest BCUT2D eigenvalue weighted by atomic mass is 127. The number of halogens is 2. The Morgan fingerprint density at radius 3 is 2.39 bits per heavy atom. The van der Waals surface area contributed by atoms with E-state index in [9.17, 15) is 12.8 Å². The van der Waals surface area contributed by atoms with Crippen LogP contribution in [0.1, 0.15) is 19.4 Å². The topological polar surface area (TPSA) is 83.0 Å². The maximum Gasteiger partial charge on any atom is 0.242 e. The minimum atomic E-state index is -3.55. The number of guanidine groups is 1. The van der Waals surface area contributed by atoms with Crippen molar-refractivity contribution in [2.75, 3.05) is 27.2 Å². The largest absolute Gasteiger partial charge is 0.489 e. The van der Waals surface area contributed by atoms with E-state index >= 15 is 0 Å². The Morgan fingerprint density at radius 1 is 1.13 bits per heavy atom. The van der Waals surface area contributed by atoms with Gasteiger partial charge in [-0.15, -0.1) is 24.0 Å². The molecule has 7 nitrogen and oxygen atoms in total. The second-order valence-corrected chi connectivity index (χ2v) is 8.97. The molecule has 0 fully saturated rings. The summed E-state index contributed by atoms with van der Waals surface area (Å²) in [6, 6.07) is 12.7. The van der Waals surface area contributed by atoms with Gasteiger partial charge in [-0.3, -0.25) is 0 Å². The van der Waals surface area contributed by atoms with Crippen LogP contribution in [0.15, 0.2) is 58.4 Å². The molecular weight excluding hydrogens is 534 g/mol. The van der Waals surface area contributed by atoms with E-state index in [1.54, 1.807) is 36.4 Å². The fourth-order valence-corrected chi connectivity index (χ4v) is 3.72. The molecule has 0 heterocycles. The molecule has 0 aliphatic carbocycles. The zero-order chi connectivity index (χ0) is 22.1. The maximum absolute atomic E-state index is 13.0. The van der Waals surface area contributed by atoms with Crippen molar-refractivity contribution in [3.63, 3.8) is 0 Å². The lowest BCUT2D eigenvalue weighted by molar-refractivity contribution is 0.223. The molecule has 172 valence electrons. The van der Waals surface area contributed by atoms with Gasteiger partial charge in [-0.05, 0) is 49.7 Å². The Bertz CT molecular complexity index is 953. The van der Waals surface area contributed by atoms with Gasteiger partial charge < -0.3 is 15.4 Å². The fraction of sp³-hybridized carbons (Fsp3) is 0.381. The van der Waals surface area contributed by atoms with Crippen molar-refractivity contribution in [3.8, 4) is 5.75 Å². The van der Waals surface area contributed by atoms with Crippen LogP contribution in [0.5, 0.6) is 5.75 Å². The van der Waals surface area contributed by atoms with Crippen LogP contribution in [0.2, 0.25) is 0 Å². The summed E-state index contributed by atoms with van der Waals surface area (Å²) in [6.07, 6.45) is -0.194. The first-order chi connectivity index (χ1) is 14.2. The summed E-state index contributed by atoms with van der Waals surface area (Å²) >= 11 is 0. The third-order valence-corrected chi connectivity index (χ3v) is 6.11. The molecule has 0 amide bonds. The van der Waals surface area contributed by atoms with Gasteiger partial charge in [0.2, 0.25) is 10.0 Å². The van der Waals surface area contributed by atoms with E-state index in [-0.39, 0.29) is 47.3 Å². The van der Waals surface area contributed by atoms with Gasteiger partial charge in [0.15, 0.2) is 5.96 Å². The van der Waals surface area contributed by atoms with E-state index in [2.05, 4.69) is 15.6 Å². The summed E-state index contributed by atoms with van der Waals surface area (Å²) < 4.78 is 45.0. The van der Waals surface area contributed by atoms with E-state index in [1.165, 1.54) is 30.5 Å². The lowest BCUT2D eigenvalue weighted by atomic mass is 10.2. The predicted molar refractivity (Wildman–Crippen MR) is 132 cm³/mol. The highest BCUT2D eigenvalue weighted by molar-refractivity contribution is 14.0. The van der Waals surface area contributed by atoms with Crippen LogP contribution in [0.4, 0.5) is 4.39 Å². The normalized spacial score (nSPS) is 12.8. The molecule has 0 aliphatic heterocycles. The average Bonchev–Trinajstić information content (AvgIpc) is 2.72. The standard InChI is InChI=1S/C21H29FN4O3S.HI/c1-5-23-21(24-14-16(2)29-19-12-10-18(22)11-13-19)25-15-17-8-6-7-9-20(17)30(27,28)26(3)4;/h6-13,16H,5,14-15H2,1-4H3,(H2,23,24,25);1H. The monoisotopic (exact) mass is 564 g/mol. The highest BCUT2D eigenvalue weighted by Gasteiger charge is 2.20. The highest BCUT2D eigenvalue weighted by Crippen LogP contribution is 2.19. The van der Waals surface area contributed by atoms with Gasteiger partial charge in [0.05, 0.1) is 18.0 Å². The van der Waals surface area contributed by atoms with Crippen LogP contribution in [0, 0.1) is 5.82 Å². The van der Waals surface area contributed by atoms with E-state index in [0.29, 0.717) is 30.4 Å². The molecule has 0 bridgehead atoms. The van der Waals surface area contributed by atoms with Crippen molar-refractivity contribution in [2.45, 2.75) is 31.4 Å². The lowest BCUT2D eigenvalue weighted by Crippen LogP contribution is -2.41. The van der Waals surface area contributed by atoms with Crippen molar-refractivity contribution < 1.29 is 17.5 Å². The number of hydrogen-bond donors (Lipinski definition) is 2. The molecule has 1 unspecified atom stereocenters. The van der Waals surface area contributed by atoms with Crippen LogP contribution < -0.4 is 15.4 Å². The number of aliphatic imine (C=N–C) groups is 1. The fourth-order valence-electron chi connectivity index (χ4n) is 2.62. The molecule has 0 spiro atoms. The van der Waals surface area contributed by atoms with Crippen LogP contribution in [-0.4, -0.2) is 52.0 Å². The van der Waals surface area contributed by atoms with Gasteiger partial charge >= 0.3 is 0 Å². The van der Waals surface area contributed by atoms with Crippen LogP contribution >= 0.6 is 24.0 Å². The molecule has 0 saturated heterocycles. The van der Waals surface area contributed by atoms with Gasteiger partial charge in [-0.1, -0.05) is 18.2 Å². The number of nitrogens with one attached hydrogen (secondary N) is 2. The van der Waals surface area contributed by atoms with E-state index in [4.69, 9.17) is 4.74 Å². The zero-order valence-electron chi connectivity index (χ0n) is 18.1. The molecule has 10 heteroatoms. The smallest absolute Gasteiger partial charge is 0.242 e. The number of sulfonamides is 1. The summed E-state index contributed by atoms with van der Waals surface area (Å²) in [6.45, 7) is 5.14. The molecule has 2 aromatic rings. The Kier molecular flexibility index (Phi) is 11.2. The first kappa shape index (κ1) is 27.1. The average molecular weight is 564 g/mol. The number of ether oxygens (including phenoxy) is 1. The minimum absolute atomic E-state index is 0. The number of nitrogens with zero attached hydrogens (tertiary/aromatic N) is 2. The van der Waals surface area contributed by atoms with Crippen molar-refractivity contribution in [3.05, 3.63) is 59.9 Å². The van der Waals surface area contributed by atoms with E-state index < -0.39 is 10.0 Å². The van der Waals surface area contributed by atoms with Gasteiger partial charge in [0, 0.05) is 20.6 Å². The number of rotatable bonds is 9. The molecule has 2 N–H and O–H groups in total. The second kappa shape index (κ2) is 12.8. The summed E-state index contributed by atoms with van der Waals surface area (Å²) in [4.78, 5) is 4.75. The first-order valence-electron chi connectivity index (χ1n) is 9.69. The predicted octanol–water partition coefficient (Wildman–Crippen LogP) is 3.22. The number of hydrogen-bond acceptors (Lipinski definition) is 4. The van der Waals surface area contributed by atoms with Gasteiger partial charge in [0.1, 0.15) is 17.7 Å². The van der Waals surface area contributed by atoms with Crippen molar-refractivity contribution in [2.24, 2.45) is 4.99 Å². The third-order valence-electron chi connectivity index (χ3n) is 4.19. The van der Waals surface area contributed by atoms with Gasteiger partial charge in [0.25, 0.3) is 0 Å². The minimum Gasteiger partial charge on any atom is -0.489 e. The number of benzene rings is 2. The zero-order valence-corrected chi connectivity index (χ0v) is 21.3. The molecule has 31 heavy (non-hydrogen) atoms. The molecule has 0 aromatic heterocycles. The Hall–Kier alpha value is -1.92. The van der Waals surface area contributed by atoms with Crippen LogP contribution in [0.3, 0.4) is 0 Å². The summed E-state index contributed by atoms with van der Waals surface area (Å²) in [5.41, 5.74) is 0.610. The first-order valence-corrected chi connectivity index (χ1v) is 11.1. The van der Waals surface area contributed by atoms with E-state index in [0.717, 1.165) is 0 Å². The molecule has 0 radical (unpaired) electrons. The van der Waals surface area contributed by atoms with E-state index in [1.807, 2.05) is 13.8 Å². The third kappa shape index (κ3) is 8.26. The van der Waals surface area contributed by atoms with Crippen LogP contribution in [-0.2, 0) is 16.6 Å². The quantitative estimate of drug-likeness (QED) is 0.278. The maximum atomic E-state index is 13.0.